The number of furan rings is 1. The van der Waals surface area contributed by atoms with E-state index < -0.39 is 11.9 Å². The van der Waals surface area contributed by atoms with Gasteiger partial charge in [0, 0.05) is 13.2 Å². The van der Waals surface area contributed by atoms with Crippen LogP contribution in [0.4, 0.5) is 0 Å². The first-order chi connectivity index (χ1) is 9.15. The van der Waals surface area contributed by atoms with Gasteiger partial charge in [-0.15, -0.1) is 0 Å². The Morgan fingerprint density at radius 2 is 2.16 bits per heavy atom. The molecule has 0 radical (unpaired) electrons. The van der Waals surface area contributed by atoms with Crippen LogP contribution in [0.2, 0.25) is 0 Å². The van der Waals surface area contributed by atoms with Gasteiger partial charge in [-0.2, -0.15) is 0 Å². The van der Waals surface area contributed by atoms with Crippen molar-refractivity contribution in [3.63, 3.8) is 0 Å². The molecular formula is C13H20N2O4. The lowest BCUT2D eigenvalue weighted by Gasteiger charge is -2.13. The van der Waals surface area contributed by atoms with Crippen molar-refractivity contribution >= 4 is 11.8 Å². The number of amides is 2. The molecule has 0 aliphatic rings. The predicted octanol–water partition coefficient (Wildman–Crippen LogP) is 0.677. The molecule has 6 heteroatoms. The average Bonchev–Trinajstić information content (AvgIpc) is 2.92. The molecule has 3 N–H and O–H groups in total. The Morgan fingerprint density at radius 3 is 2.79 bits per heavy atom. The molecule has 6 nitrogen and oxygen atoms in total. The Kier molecular flexibility index (Phi) is 6.67. The molecule has 0 aliphatic heterocycles. The van der Waals surface area contributed by atoms with Crippen molar-refractivity contribution in [2.24, 2.45) is 0 Å². The fraction of sp³-hybridized carbons (Fsp3) is 0.538. The topological polar surface area (TPSA) is 91.6 Å². The van der Waals surface area contributed by atoms with Crippen molar-refractivity contribution in [1.29, 1.82) is 0 Å². The summed E-state index contributed by atoms with van der Waals surface area (Å²) in [6, 6.07) is 2.53. The van der Waals surface area contributed by atoms with Gasteiger partial charge < -0.3 is 20.2 Å². The van der Waals surface area contributed by atoms with Crippen LogP contribution < -0.4 is 10.6 Å². The molecule has 0 spiro atoms. The fourth-order valence-electron chi connectivity index (χ4n) is 1.52. The fourth-order valence-corrected chi connectivity index (χ4v) is 1.52. The van der Waals surface area contributed by atoms with Crippen molar-refractivity contribution in [1.82, 2.24) is 10.6 Å². The van der Waals surface area contributed by atoms with Crippen LogP contribution in [0.3, 0.4) is 0 Å². The maximum atomic E-state index is 11.7. The van der Waals surface area contributed by atoms with Gasteiger partial charge in [0.25, 0.3) is 5.91 Å². The first kappa shape index (κ1) is 15.2. The summed E-state index contributed by atoms with van der Waals surface area (Å²) in [6.07, 6.45) is 3.82. The number of hydrogen-bond donors (Lipinski definition) is 3. The molecule has 106 valence electrons. The first-order valence-electron chi connectivity index (χ1n) is 6.38. The van der Waals surface area contributed by atoms with E-state index in [1.165, 1.54) is 12.3 Å². The smallest absolute Gasteiger partial charge is 0.287 e. The van der Waals surface area contributed by atoms with E-state index in [1.807, 2.05) is 0 Å². The molecule has 1 rings (SSSR count). The third-order valence-electron chi connectivity index (χ3n) is 2.62. The predicted molar refractivity (Wildman–Crippen MR) is 69.6 cm³/mol. The zero-order valence-corrected chi connectivity index (χ0v) is 11.0. The average molecular weight is 268 g/mol. The van der Waals surface area contributed by atoms with Crippen LogP contribution in [0.15, 0.2) is 22.8 Å². The van der Waals surface area contributed by atoms with Crippen molar-refractivity contribution in [2.45, 2.75) is 32.2 Å². The summed E-state index contributed by atoms with van der Waals surface area (Å²) in [6.45, 7) is 2.33. The molecule has 0 bridgehead atoms. The molecule has 1 unspecified atom stereocenters. The second-order valence-electron chi connectivity index (χ2n) is 4.25. The Hall–Kier alpha value is -1.82. The van der Waals surface area contributed by atoms with Gasteiger partial charge in [0.15, 0.2) is 5.76 Å². The lowest BCUT2D eigenvalue weighted by Crippen LogP contribution is -2.45. The minimum atomic E-state index is -0.615. The number of nitrogens with one attached hydrogen (secondary N) is 2. The molecular weight excluding hydrogens is 248 g/mol. The summed E-state index contributed by atoms with van der Waals surface area (Å²) in [4.78, 5) is 23.3. The van der Waals surface area contributed by atoms with Gasteiger partial charge in [-0.05, 0) is 38.3 Å². The standard InChI is InChI=1S/C13H20N2O4/c1-10(12(17)14-7-3-2-4-8-16)15-13(18)11-6-5-9-19-11/h5-6,9-10,16H,2-4,7-8H2,1H3,(H,14,17)(H,15,18). The molecule has 0 aromatic carbocycles. The lowest BCUT2D eigenvalue weighted by molar-refractivity contribution is -0.122. The van der Waals surface area contributed by atoms with Crippen molar-refractivity contribution in [3.8, 4) is 0 Å². The Labute approximate surface area is 112 Å². The largest absolute Gasteiger partial charge is 0.459 e. The highest BCUT2D eigenvalue weighted by Gasteiger charge is 2.17. The highest BCUT2D eigenvalue weighted by molar-refractivity contribution is 5.95. The summed E-state index contributed by atoms with van der Waals surface area (Å²) in [7, 11) is 0. The van der Waals surface area contributed by atoms with E-state index in [9.17, 15) is 9.59 Å². The Morgan fingerprint density at radius 1 is 1.37 bits per heavy atom. The van der Waals surface area contributed by atoms with E-state index in [2.05, 4.69) is 10.6 Å². The minimum Gasteiger partial charge on any atom is -0.459 e. The molecule has 1 aromatic rings. The quantitative estimate of drug-likeness (QED) is 0.604. The Balaban J connectivity index is 2.23. The lowest BCUT2D eigenvalue weighted by atomic mass is 10.2. The summed E-state index contributed by atoms with van der Waals surface area (Å²) in [5.41, 5.74) is 0. The van der Waals surface area contributed by atoms with E-state index in [4.69, 9.17) is 9.52 Å². The SMILES string of the molecule is CC(NC(=O)c1ccco1)C(=O)NCCCCCO. The molecule has 0 aliphatic carbocycles. The Bertz CT molecular complexity index is 389. The van der Waals surface area contributed by atoms with Gasteiger partial charge in [0.1, 0.15) is 6.04 Å². The van der Waals surface area contributed by atoms with Crippen LogP contribution in [0.5, 0.6) is 0 Å². The summed E-state index contributed by atoms with van der Waals surface area (Å²) < 4.78 is 4.93. The van der Waals surface area contributed by atoms with Crippen molar-refractivity contribution in [3.05, 3.63) is 24.2 Å². The summed E-state index contributed by atoms with van der Waals surface area (Å²) >= 11 is 0. The maximum Gasteiger partial charge on any atom is 0.287 e. The highest BCUT2D eigenvalue weighted by Crippen LogP contribution is 2.00. The van der Waals surface area contributed by atoms with E-state index in [-0.39, 0.29) is 18.3 Å². The molecule has 1 atom stereocenters. The number of hydrogen-bond acceptors (Lipinski definition) is 4. The van der Waals surface area contributed by atoms with Crippen molar-refractivity contribution in [2.75, 3.05) is 13.2 Å². The molecule has 1 aromatic heterocycles. The zero-order valence-electron chi connectivity index (χ0n) is 11.0. The van der Waals surface area contributed by atoms with Crippen LogP contribution in [0, 0.1) is 0 Å². The second-order valence-corrected chi connectivity index (χ2v) is 4.25. The van der Waals surface area contributed by atoms with Crippen LogP contribution in [-0.4, -0.2) is 36.1 Å². The van der Waals surface area contributed by atoms with Crippen LogP contribution in [-0.2, 0) is 4.79 Å². The summed E-state index contributed by atoms with van der Waals surface area (Å²) in [5, 5.41) is 13.9. The second kappa shape index (κ2) is 8.31. The highest BCUT2D eigenvalue weighted by atomic mass is 16.3. The molecule has 0 fully saturated rings. The summed E-state index contributed by atoms with van der Waals surface area (Å²) in [5.74, 6) is -0.459. The van der Waals surface area contributed by atoms with Crippen molar-refractivity contribution < 1.29 is 19.1 Å². The molecule has 1 heterocycles. The number of rotatable bonds is 8. The van der Waals surface area contributed by atoms with E-state index in [0.29, 0.717) is 6.54 Å². The number of carbonyl (C=O) groups is 2. The van der Waals surface area contributed by atoms with Gasteiger partial charge in [0.2, 0.25) is 5.91 Å². The van der Waals surface area contributed by atoms with Crippen LogP contribution in [0.25, 0.3) is 0 Å². The van der Waals surface area contributed by atoms with Gasteiger partial charge in [0.05, 0.1) is 6.26 Å². The third-order valence-corrected chi connectivity index (χ3v) is 2.62. The van der Waals surface area contributed by atoms with E-state index >= 15 is 0 Å². The van der Waals surface area contributed by atoms with E-state index in [0.717, 1.165) is 19.3 Å². The van der Waals surface area contributed by atoms with Crippen LogP contribution >= 0.6 is 0 Å². The van der Waals surface area contributed by atoms with E-state index in [1.54, 1.807) is 13.0 Å². The van der Waals surface area contributed by atoms with Gasteiger partial charge in [-0.25, -0.2) is 0 Å². The van der Waals surface area contributed by atoms with Crippen LogP contribution in [0.1, 0.15) is 36.7 Å². The maximum absolute atomic E-state index is 11.7. The van der Waals surface area contributed by atoms with Gasteiger partial charge in [-0.1, -0.05) is 0 Å². The third kappa shape index (κ3) is 5.56. The zero-order chi connectivity index (χ0) is 14.1. The molecule has 0 saturated carbocycles. The number of aliphatic hydroxyl groups excluding tert-OH is 1. The first-order valence-corrected chi connectivity index (χ1v) is 6.38. The minimum absolute atomic E-state index is 0.170. The number of aliphatic hydroxyl groups is 1. The number of carbonyl (C=O) groups excluding carboxylic acids is 2. The number of unbranched alkanes of at least 4 members (excludes halogenated alkanes) is 2. The normalized spacial score (nSPS) is 11.9. The molecule has 2 amide bonds. The monoisotopic (exact) mass is 268 g/mol. The molecule has 0 saturated heterocycles. The van der Waals surface area contributed by atoms with Gasteiger partial charge >= 0.3 is 0 Å². The van der Waals surface area contributed by atoms with Gasteiger partial charge in [-0.3, -0.25) is 9.59 Å². The molecule has 19 heavy (non-hydrogen) atoms.